The fourth-order valence-electron chi connectivity index (χ4n) is 2.31. The van der Waals surface area contributed by atoms with Crippen molar-refractivity contribution in [3.8, 4) is 11.3 Å². The third-order valence-electron chi connectivity index (χ3n) is 3.37. The van der Waals surface area contributed by atoms with E-state index in [-0.39, 0.29) is 11.3 Å². The summed E-state index contributed by atoms with van der Waals surface area (Å²) in [7, 11) is 0. The third-order valence-corrected chi connectivity index (χ3v) is 3.55. The predicted molar refractivity (Wildman–Crippen MR) is 87.3 cm³/mol. The quantitative estimate of drug-likeness (QED) is 0.750. The first-order valence-electron chi connectivity index (χ1n) is 6.97. The maximum atomic E-state index is 6.23. The Labute approximate surface area is 134 Å². The summed E-state index contributed by atoms with van der Waals surface area (Å²) in [5, 5.41) is 0.244. The lowest BCUT2D eigenvalue weighted by Gasteiger charge is -2.12. The Kier molecular flexibility index (Phi) is 4.42. The number of pyridine rings is 1. The van der Waals surface area contributed by atoms with Gasteiger partial charge in [0.2, 0.25) is 5.28 Å². The van der Waals surface area contributed by atoms with Gasteiger partial charge in [0.15, 0.2) is 0 Å². The highest BCUT2D eigenvalue weighted by Crippen LogP contribution is 2.21. The fourth-order valence-corrected chi connectivity index (χ4v) is 2.45. The van der Waals surface area contributed by atoms with Gasteiger partial charge in [0.05, 0.1) is 17.4 Å². The molecule has 0 saturated carbocycles. The Balaban J connectivity index is 1.83. The van der Waals surface area contributed by atoms with Crippen LogP contribution in [0.5, 0.6) is 0 Å². The molecule has 0 aliphatic carbocycles. The molecule has 0 spiro atoms. The number of aromatic nitrogens is 3. The van der Waals surface area contributed by atoms with E-state index in [1.165, 1.54) is 0 Å². The fraction of sp³-hybridized carbons (Fsp3) is 0.118. The molecule has 0 aliphatic rings. The SMILES string of the molecule is NC(Cc1cccc(-c2ccnc(Cl)n2)c1)c1ccccn1. The normalized spacial score (nSPS) is 12.1. The van der Waals surface area contributed by atoms with Crippen LogP contribution >= 0.6 is 11.6 Å². The molecule has 22 heavy (non-hydrogen) atoms. The van der Waals surface area contributed by atoms with E-state index in [0.29, 0.717) is 6.42 Å². The van der Waals surface area contributed by atoms with Crippen LogP contribution in [0.2, 0.25) is 5.28 Å². The summed E-state index contributed by atoms with van der Waals surface area (Å²) in [5.74, 6) is 0. The molecule has 0 fully saturated rings. The zero-order chi connectivity index (χ0) is 15.4. The smallest absolute Gasteiger partial charge is 0.222 e. The molecule has 0 amide bonds. The van der Waals surface area contributed by atoms with E-state index < -0.39 is 0 Å². The van der Waals surface area contributed by atoms with Crippen molar-refractivity contribution < 1.29 is 0 Å². The van der Waals surface area contributed by atoms with Crippen LogP contribution in [0.25, 0.3) is 11.3 Å². The van der Waals surface area contributed by atoms with E-state index in [2.05, 4.69) is 27.1 Å². The summed E-state index contributed by atoms with van der Waals surface area (Å²) in [4.78, 5) is 12.4. The number of hydrogen-bond donors (Lipinski definition) is 1. The van der Waals surface area contributed by atoms with E-state index in [1.54, 1.807) is 12.4 Å². The monoisotopic (exact) mass is 310 g/mol. The molecule has 110 valence electrons. The van der Waals surface area contributed by atoms with E-state index in [1.807, 2.05) is 36.4 Å². The molecular weight excluding hydrogens is 296 g/mol. The second-order valence-electron chi connectivity index (χ2n) is 4.98. The van der Waals surface area contributed by atoms with Crippen LogP contribution in [0.3, 0.4) is 0 Å². The molecule has 1 atom stereocenters. The van der Waals surface area contributed by atoms with Crippen molar-refractivity contribution in [2.24, 2.45) is 5.73 Å². The molecule has 3 rings (SSSR count). The van der Waals surface area contributed by atoms with Crippen molar-refractivity contribution in [2.45, 2.75) is 12.5 Å². The van der Waals surface area contributed by atoms with E-state index in [4.69, 9.17) is 17.3 Å². The summed E-state index contributed by atoms with van der Waals surface area (Å²) in [6, 6.07) is 15.6. The molecule has 2 N–H and O–H groups in total. The van der Waals surface area contributed by atoms with Crippen LogP contribution in [0.4, 0.5) is 0 Å². The van der Waals surface area contributed by atoms with Gasteiger partial charge in [-0.3, -0.25) is 4.98 Å². The first-order chi connectivity index (χ1) is 10.7. The summed E-state index contributed by atoms with van der Waals surface area (Å²) >= 11 is 5.85. The van der Waals surface area contributed by atoms with Gasteiger partial charge in [-0.15, -0.1) is 0 Å². The largest absolute Gasteiger partial charge is 0.322 e. The van der Waals surface area contributed by atoms with Gasteiger partial charge in [0.25, 0.3) is 0 Å². The minimum absolute atomic E-state index is 0.134. The average molecular weight is 311 g/mol. The molecule has 0 aliphatic heterocycles. The van der Waals surface area contributed by atoms with Crippen LogP contribution in [-0.4, -0.2) is 15.0 Å². The van der Waals surface area contributed by atoms with Crippen molar-refractivity contribution in [2.75, 3.05) is 0 Å². The molecule has 4 nitrogen and oxygen atoms in total. The Bertz CT molecular complexity index is 761. The average Bonchev–Trinajstić information content (AvgIpc) is 2.56. The Morgan fingerprint density at radius 3 is 2.68 bits per heavy atom. The lowest BCUT2D eigenvalue weighted by Crippen LogP contribution is -2.14. The number of halogens is 1. The Morgan fingerprint density at radius 1 is 1.00 bits per heavy atom. The topological polar surface area (TPSA) is 64.7 Å². The van der Waals surface area contributed by atoms with Gasteiger partial charge in [-0.2, -0.15) is 0 Å². The first-order valence-corrected chi connectivity index (χ1v) is 7.34. The lowest BCUT2D eigenvalue weighted by molar-refractivity contribution is 0.696. The number of benzene rings is 1. The summed E-state index contributed by atoms with van der Waals surface area (Å²) in [6.07, 6.45) is 4.12. The molecular formula is C17H15ClN4. The lowest BCUT2D eigenvalue weighted by atomic mass is 10.0. The minimum Gasteiger partial charge on any atom is -0.322 e. The maximum absolute atomic E-state index is 6.23. The van der Waals surface area contributed by atoms with Gasteiger partial charge in [0.1, 0.15) is 0 Å². The molecule has 0 bridgehead atoms. The molecule has 0 radical (unpaired) electrons. The zero-order valence-corrected chi connectivity index (χ0v) is 12.6. The second kappa shape index (κ2) is 6.64. The van der Waals surface area contributed by atoms with Crippen LogP contribution in [0.15, 0.2) is 60.9 Å². The van der Waals surface area contributed by atoms with Gasteiger partial charge in [-0.1, -0.05) is 24.3 Å². The second-order valence-corrected chi connectivity index (χ2v) is 5.31. The third kappa shape index (κ3) is 3.47. The summed E-state index contributed by atoms with van der Waals surface area (Å²) < 4.78 is 0. The molecule has 2 aromatic heterocycles. The predicted octanol–water partition coefficient (Wildman–Crippen LogP) is 3.43. The Morgan fingerprint density at radius 2 is 1.91 bits per heavy atom. The summed E-state index contributed by atoms with van der Waals surface area (Å²) in [6.45, 7) is 0. The Hall–Kier alpha value is -2.30. The molecule has 3 aromatic rings. The highest BCUT2D eigenvalue weighted by Gasteiger charge is 2.09. The molecule has 1 unspecified atom stereocenters. The van der Waals surface area contributed by atoms with Gasteiger partial charge in [0, 0.05) is 18.0 Å². The zero-order valence-electron chi connectivity index (χ0n) is 11.9. The van der Waals surface area contributed by atoms with Gasteiger partial charge in [-0.25, -0.2) is 9.97 Å². The van der Waals surface area contributed by atoms with Gasteiger partial charge in [-0.05, 0) is 47.9 Å². The van der Waals surface area contributed by atoms with E-state index >= 15 is 0 Å². The highest BCUT2D eigenvalue weighted by atomic mass is 35.5. The van der Waals surface area contributed by atoms with Crippen LogP contribution < -0.4 is 5.73 Å². The van der Waals surface area contributed by atoms with Gasteiger partial charge >= 0.3 is 0 Å². The standard InChI is InChI=1S/C17H15ClN4/c18-17-21-9-7-15(22-17)13-5-3-4-12(10-13)11-14(19)16-6-1-2-8-20-16/h1-10,14H,11,19H2. The van der Waals surface area contributed by atoms with Crippen molar-refractivity contribution >= 4 is 11.6 Å². The van der Waals surface area contributed by atoms with Crippen molar-refractivity contribution in [1.29, 1.82) is 0 Å². The molecule has 0 saturated heterocycles. The summed E-state index contributed by atoms with van der Waals surface area (Å²) in [5.41, 5.74) is 10.0. The van der Waals surface area contributed by atoms with Crippen molar-refractivity contribution in [3.05, 3.63) is 77.5 Å². The highest BCUT2D eigenvalue weighted by molar-refractivity contribution is 6.28. The minimum atomic E-state index is -0.134. The number of hydrogen-bond acceptors (Lipinski definition) is 4. The number of rotatable bonds is 4. The van der Waals surface area contributed by atoms with Gasteiger partial charge < -0.3 is 5.73 Å². The van der Waals surface area contributed by atoms with Crippen LogP contribution in [0, 0.1) is 0 Å². The van der Waals surface area contributed by atoms with Crippen LogP contribution in [0.1, 0.15) is 17.3 Å². The van der Waals surface area contributed by atoms with Crippen molar-refractivity contribution in [1.82, 2.24) is 15.0 Å². The van der Waals surface area contributed by atoms with E-state index in [0.717, 1.165) is 22.5 Å². The molecule has 1 aromatic carbocycles. The number of nitrogens with two attached hydrogens (primary N) is 1. The molecule has 2 heterocycles. The number of nitrogens with zero attached hydrogens (tertiary/aromatic N) is 3. The molecule has 5 heteroatoms. The van der Waals surface area contributed by atoms with Crippen LogP contribution in [-0.2, 0) is 6.42 Å². The van der Waals surface area contributed by atoms with Crippen molar-refractivity contribution in [3.63, 3.8) is 0 Å². The maximum Gasteiger partial charge on any atom is 0.222 e. The first kappa shape index (κ1) is 14.6. The van der Waals surface area contributed by atoms with E-state index in [9.17, 15) is 0 Å².